The lowest BCUT2D eigenvalue weighted by Gasteiger charge is -2.11. The van der Waals surface area contributed by atoms with Crippen molar-refractivity contribution in [3.05, 3.63) is 63.5 Å². The van der Waals surface area contributed by atoms with E-state index in [0.717, 1.165) is 47.9 Å². The Kier molecular flexibility index (Phi) is 4.21. The van der Waals surface area contributed by atoms with Gasteiger partial charge in [0.25, 0.3) is 0 Å². The van der Waals surface area contributed by atoms with Crippen LogP contribution in [0, 0.1) is 0 Å². The average molecular weight is 461 g/mol. The van der Waals surface area contributed by atoms with Gasteiger partial charge in [0.1, 0.15) is 11.5 Å². The van der Waals surface area contributed by atoms with Gasteiger partial charge in [-0.1, -0.05) is 18.2 Å². The van der Waals surface area contributed by atoms with Crippen molar-refractivity contribution in [3.8, 4) is 17.2 Å². The summed E-state index contributed by atoms with van der Waals surface area (Å²) in [7, 11) is 3.36. The van der Waals surface area contributed by atoms with Crippen LogP contribution in [0.25, 0.3) is 27.5 Å². The Morgan fingerprint density at radius 1 is 0.800 bits per heavy atom. The van der Waals surface area contributed by atoms with Gasteiger partial charge in [-0.15, -0.1) is 0 Å². The summed E-state index contributed by atoms with van der Waals surface area (Å²) in [6.07, 6.45) is 0. The molecule has 1 aromatic heterocycles. The second-order valence-electron chi connectivity index (χ2n) is 5.66. The molecule has 0 atom stereocenters. The van der Waals surface area contributed by atoms with Crippen LogP contribution < -0.4 is 9.47 Å². The van der Waals surface area contributed by atoms with Crippen molar-refractivity contribution >= 4 is 53.7 Å². The minimum atomic E-state index is 0.786. The lowest BCUT2D eigenvalue weighted by Crippen LogP contribution is -1.95. The highest BCUT2D eigenvalue weighted by Crippen LogP contribution is 2.44. The Morgan fingerprint density at radius 2 is 1.56 bits per heavy atom. The average Bonchev–Trinajstić information content (AvgIpc) is 2.98. The third-order valence-corrected chi connectivity index (χ3v) is 6.43. The fourth-order valence-electron chi connectivity index (χ4n) is 3.18. The molecule has 1 heterocycles. The lowest BCUT2D eigenvalue weighted by molar-refractivity contribution is 0.412. The van der Waals surface area contributed by atoms with Crippen molar-refractivity contribution in [2.24, 2.45) is 0 Å². The summed E-state index contributed by atoms with van der Waals surface area (Å²) < 4.78 is 15.1. The number of hydrogen-bond acceptors (Lipinski definition) is 2. The molecule has 0 amide bonds. The molecule has 0 saturated heterocycles. The van der Waals surface area contributed by atoms with E-state index < -0.39 is 0 Å². The lowest BCUT2D eigenvalue weighted by atomic mass is 10.1. The van der Waals surface area contributed by atoms with Gasteiger partial charge in [0.05, 0.1) is 34.2 Å². The number of rotatable bonds is 3. The number of aromatic nitrogens is 1. The number of para-hydroxylation sites is 1. The number of halogens is 2. The molecule has 0 bridgehead atoms. The molecule has 0 aliphatic heterocycles. The van der Waals surface area contributed by atoms with Gasteiger partial charge in [-0.3, -0.25) is 0 Å². The van der Waals surface area contributed by atoms with Crippen LogP contribution in [0.4, 0.5) is 0 Å². The normalized spacial score (nSPS) is 11.2. The zero-order chi connectivity index (χ0) is 17.6. The number of ether oxygens (including phenoxy) is 2. The largest absolute Gasteiger partial charge is 0.497 e. The molecule has 25 heavy (non-hydrogen) atoms. The maximum absolute atomic E-state index is 5.54. The van der Waals surface area contributed by atoms with Crippen LogP contribution in [0.2, 0.25) is 0 Å². The highest BCUT2D eigenvalue weighted by molar-refractivity contribution is 9.13. The van der Waals surface area contributed by atoms with E-state index in [1.165, 1.54) is 0 Å². The van der Waals surface area contributed by atoms with E-state index in [1.807, 2.05) is 24.3 Å². The molecule has 5 heteroatoms. The van der Waals surface area contributed by atoms with Crippen LogP contribution in [0.3, 0.4) is 0 Å². The number of benzene rings is 3. The quantitative estimate of drug-likeness (QED) is 0.356. The zero-order valence-electron chi connectivity index (χ0n) is 13.7. The molecule has 4 rings (SSSR count). The summed E-state index contributed by atoms with van der Waals surface area (Å²) in [5.41, 5.74) is 3.30. The first-order valence-electron chi connectivity index (χ1n) is 7.75. The summed E-state index contributed by atoms with van der Waals surface area (Å²) in [6.45, 7) is 0. The summed E-state index contributed by atoms with van der Waals surface area (Å²) in [5.74, 6) is 1.62. The molecule has 126 valence electrons. The van der Waals surface area contributed by atoms with Crippen molar-refractivity contribution in [1.29, 1.82) is 0 Å². The monoisotopic (exact) mass is 459 g/mol. The Hall–Kier alpha value is -1.98. The SMILES string of the molecule is COc1ccc2c(c1)c1cc(OC)c(Br)c(Br)c1n2-c1ccccc1. The first-order valence-corrected chi connectivity index (χ1v) is 9.34. The molecule has 3 aromatic carbocycles. The van der Waals surface area contributed by atoms with Crippen LogP contribution in [0.5, 0.6) is 11.5 Å². The van der Waals surface area contributed by atoms with Gasteiger partial charge in [0.2, 0.25) is 0 Å². The van der Waals surface area contributed by atoms with E-state index in [-0.39, 0.29) is 0 Å². The summed E-state index contributed by atoms with van der Waals surface area (Å²) in [4.78, 5) is 0. The number of nitrogens with zero attached hydrogens (tertiary/aromatic N) is 1. The predicted molar refractivity (Wildman–Crippen MR) is 109 cm³/mol. The van der Waals surface area contributed by atoms with Gasteiger partial charge in [-0.25, -0.2) is 0 Å². The van der Waals surface area contributed by atoms with Gasteiger partial charge in [-0.2, -0.15) is 0 Å². The fourth-order valence-corrected chi connectivity index (χ4v) is 4.23. The first-order chi connectivity index (χ1) is 12.2. The molecule has 0 unspecified atom stereocenters. The van der Waals surface area contributed by atoms with Crippen molar-refractivity contribution in [1.82, 2.24) is 4.57 Å². The second-order valence-corrected chi connectivity index (χ2v) is 7.24. The van der Waals surface area contributed by atoms with Gasteiger partial charge in [0, 0.05) is 16.5 Å². The van der Waals surface area contributed by atoms with Crippen LogP contribution in [-0.2, 0) is 0 Å². The molecule has 3 nitrogen and oxygen atoms in total. The standard InChI is InChI=1S/C20H15Br2NO2/c1-24-13-8-9-16-14(10-13)15-11-17(25-2)18(21)19(22)20(15)23(16)12-6-4-3-5-7-12/h3-11H,1-2H3. The van der Waals surface area contributed by atoms with Gasteiger partial charge >= 0.3 is 0 Å². The number of hydrogen-bond donors (Lipinski definition) is 0. The number of fused-ring (bicyclic) bond motifs is 3. The molecule has 0 radical (unpaired) electrons. The highest BCUT2D eigenvalue weighted by Gasteiger charge is 2.19. The molecule has 0 aliphatic rings. The summed E-state index contributed by atoms with van der Waals surface area (Å²) >= 11 is 7.40. The third-order valence-electron chi connectivity index (χ3n) is 4.34. The smallest absolute Gasteiger partial charge is 0.134 e. The molecular formula is C20H15Br2NO2. The summed E-state index contributed by atoms with van der Waals surface area (Å²) in [5, 5.41) is 2.22. The van der Waals surface area contributed by atoms with E-state index in [0.29, 0.717) is 0 Å². The predicted octanol–water partition coefficient (Wildman–Crippen LogP) is 6.33. The topological polar surface area (TPSA) is 23.4 Å². The van der Waals surface area contributed by atoms with Gasteiger partial charge in [-0.05, 0) is 68.3 Å². The van der Waals surface area contributed by atoms with Crippen molar-refractivity contribution in [3.63, 3.8) is 0 Å². The fraction of sp³-hybridized carbons (Fsp3) is 0.100. The highest BCUT2D eigenvalue weighted by atomic mass is 79.9. The molecular weight excluding hydrogens is 446 g/mol. The molecule has 4 aromatic rings. The molecule has 0 saturated carbocycles. The molecule has 0 N–H and O–H groups in total. The minimum absolute atomic E-state index is 0.786. The number of methoxy groups -OCH3 is 2. The van der Waals surface area contributed by atoms with Crippen LogP contribution in [0.15, 0.2) is 63.5 Å². The van der Waals surface area contributed by atoms with Gasteiger partial charge < -0.3 is 14.0 Å². The molecule has 0 fully saturated rings. The zero-order valence-corrected chi connectivity index (χ0v) is 16.9. The van der Waals surface area contributed by atoms with E-state index in [1.54, 1.807) is 14.2 Å². The van der Waals surface area contributed by atoms with Crippen LogP contribution in [-0.4, -0.2) is 18.8 Å². The van der Waals surface area contributed by atoms with E-state index in [4.69, 9.17) is 9.47 Å². The Morgan fingerprint density at radius 3 is 2.24 bits per heavy atom. The second kappa shape index (κ2) is 6.39. The van der Waals surface area contributed by atoms with Gasteiger partial charge in [0.15, 0.2) is 0 Å². The van der Waals surface area contributed by atoms with E-state index in [9.17, 15) is 0 Å². The minimum Gasteiger partial charge on any atom is -0.497 e. The third kappa shape index (κ3) is 2.53. The first kappa shape index (κ1) is 16.5. The van der Waals surface area contributed by atoms with E-state index >= 15 is 0 Å². The van der Waals surface area contributed by atoms with Crippen LogP contribution in [0.1, 0.15) is 0 Å². The molecule has 0 spiro atoms. The van der Waals surface area contributed by atoms with E-state index in [2.05, 4.69) is 66.8 Å². The van der Waals surface area contributed by atoms with Crippen molar-refractivity contribution in [2.75, 3.05) is 14.2 Å². The molecule has 0 aliphatic carbocycles. The summed E-state index contributed by atoms with van der Waals surface area (Å²) in [6, 6.07) is 18.5. The Balaban J connectivity index is 2.23. The van der Waals surface area contributed by atoms with Crippen LogP contribution >= 0.6 is 31.9 Å². The Labute approximate surface area is 162 Å². The Bertz CT molecular complexity index is 1090. The maximum Gasteiger partial charge on any atom is 0.134 e. The van der Waals surface area contributed by atoms with Crippen molar-refractivity contribution in [2.45, 2.75) is 0 Å². The van der Waals surface area contributed by atoms with Crippen molar-refractivity contribution < 1.29 is 9.47 Å². The maximum atomic E-state index is 5.54.